The van der Waals surface area contributed by atoms with E-state index in [1.54, 1.807) is 4.90 Å². The number of ether oxygens (including phenoxy) is 1. The number of morpholine rings is 1. The summed E-state index contributed by atoms with van der Waals surface area (Å²) in [5.41, 5.74) is 5.75. The van der Waals surface area contributed by atoms with E-state index >= 15 is 0 Å². The lowest BCUT2D eigenvalue weighted by Crippen LogP contribution is -2.48. The van der Waals surface area contributed by atoms with E-state index in [0.717, 1.165) is 6.20 Å². The van der Waals surface area contributed by atoms with Crippen molar-refractivity contribution < 1.29 is 13.9 Å². The van der Waals surface area contributed by atoms with Crippen LogP contribution in [0.15, 0.2) is 18.5 Å². The van der Waals surface area contributed by atoms with Crippen LogP contribution in [0.2, 0.25) is 0 Å². The van der Waals surface area contributed by atoms with Crippen LogP contribution >= 0.6 is 0 Å². The Morgan fingerprint density at radius 1 is 1.65 bits per heavy atom. The largest absolute Gasteiger partial charge is 0.373 e. The van der Waals surface area contributed by atoms with Crippen LogP contribution in [0.3, 0.4) is 0 Å². The van der Waals surface area contributed by atoms with E-state index in [2.05, 4.69) is 4.98 Å². The molecule has 17 heavy (non-hydrogen) atoms. The smallest absolute Gasteiger partial charge is 0.255 e. The third kappa shape index (κ3) is 2.78. The van der Waals surface area contributed by atoms with E-state index in [0.29, 0.717) is 26.2 Å². The molecule has 1 aliphatic rings. The van der Waals surface area contributed by atoms with Gasteiger partial charge in [0.15, 0.2) is 0 Å². The first kappa shape index (κ1) is 11.9. The predicted octanol–water partition coefficient (Wildman–Crippen LogP) is 0.0204. The molecule has 1 aromatic rings. The van der Waals surface area contributed by atoms with Crippen molar-refractivity contribution in [2.45, 2.75) is 6.10 Å². The number of amides is 1. The zero-order chi connectivity index (χ0) is 12.3. The van der Waals surface area contributed by atoms with Crippen molar-refractivity contribution in [1.29, 1.82) is 0 Å². The second-order valence-electron chi connectivity index (χ2n) is 3.87. The van der Waals surface area contributed by atoms with Crippen molar-refractivity contribution >= 4 is 5.91 Å². The van der Waals surface area contributed by atoms with Crippen LogP contribution in [0.1, 0.15) is 10.4 Å². The quantitative estimate of drug-likeness (QED) is 0.790. The zero-order valence-electron chi connectivity index (χ0n) is 9.30. The molecular formula is C11H14FN3O2. The lowest BCUT2D eigenvalue weighted by atomic mass is 10.2. The maximum Gasteiger partial charge on any atom is 0.255 e. The highest BCUT2D eigenvalue weighted by Gasteiger charge is 2.24. The molecule has 1 amide bonds. The van der Waals surface area contributed by atoms with Gasteiger partial charge in [-0.15, -0.1) is 0 Å². The summed E-state index contributed by atoms with van der Waals surface area (Å²) in [5.74, 6) is -0.752. The highest BCUT2D eigenvalue weighted by molar-refractivity contribution is 5.94. The van der Waals surface area contributed by atoms with Crippen LogP contribution in [0, 0.1) is 5.82 Å². The predicted molar refractivity (Wildman–Crippen MR) is 58.9 cm³/mol. The number of hydrogen-bond acceptors (Lipinski definition) is 4. The minimum Gasteiger partial charge on any atom is -0.373 e. The molecule has 0 bridgehead atoms. The number of pyridine rings is 1. The van der Waals surface area contributed by atoms with Crippen molar-refractivity contribution in [3.8, 4) is 0 Å². The lowest BCUT2D eigenvalue weighted by Gasteiger charge is -2.32. The molecule has 1 saturated heterocycles. The van der Waals surface area contributed by atoms with Crippen LogP contribution in [0.4, 0.5) is 4.39 Å². The van der Waals surface area contributed by atoms with Crippen molar-refractivity contribution in [2.75, 3.05) is 26.2 Å². The van der Waals surface area contributed by atoms with Gasteiger partial charge in [-0.3, -0.25) is 9.78 Å². The van der Waals surface area contributed by atoms with Gasteiger partial charge >= 0.3 is 0 Å². The SMILES string of the molecule is NCC1CN(C(=O)c2cncc(F)c2)CCO1. The van der Waals surface area contributed by atoms with Crippen molar-refractivity contribution in [1.82, 2.24) is 9.88 Å². The molecule has 6 heteroatoms. The number of carbonyl (C=O) groups excluding carboxylic acids is 1. The molecule has 0 saturated carbocycles. The van der Waals surface area contributed by atoms with Gasteiger partial charge in [0, 0.05) is 25.8 Å². The van der Waals surface area contributed by atoms with Crippen molar-refractivity contribution in [2.24, 2.45) is 5.73 Å². The summed E-state index contributed by atoms with van der Waals surface area (Å²) in [6, 6.07) is 1.18. The summed E-state index contributed by atoms with van der Waals surface area (Å²) in [7, 11) is 0. The summed E-state index contributed by atoms with van der Waals surface area (Å²) < 4.78 is 18.3. The zero-order valence-corrected chi connectivity index (χ0v) is 9.30. The van der Waals surface area contributed by atoms with Crippen LogP contribution in [-0.4, -0.2) is 48.1 Å². The van der Waals surface area contributed by atoms with E-state index in [9.17, 15) is 9.18 Å². The maximum absolute atomic E-state index is 13.0. The van der Waals surface area contributed by atoms with E-state index in [-0.39, 0.29) is 17.6 Å². The molecule has 0 aromatic carbocycles. The Kier molecular flexibility index (Phi) is 3.65. The van der Waals surface area contributed by atoms with Gasteiger partial charge in [0.1, 0.15) is 5.82 Å². The maximum atomic E-state index is 13.0. The molecule has 0 spiro atoms. The van der Waals surface area contributed by atoms with Crippen molar-refractivity contribution in [3.05, 3.63) is 29.8 Å². The normalized spacial score (nSPS) is 20.4. The van der Waals surface area contributed by atoms with E-state index < -0.39 is 5.82 Å². The Morgan fingerprint density at radius 2 is 2.47 bits per heavy atom. The first-order chi connectivity index (χ1) is 8.20. The van der Waals surface area contributed by atoms with Gasteiger partial charge in [-0.2, -0.15) is 0 Å². The molecule has 1 aromatic heterocycles. The number of nitrogens with two attached hydrogens (primary N) is 1. The highest BCUT2D eigenvalue weighted by Crippen LogP contribution is 2.10. The average Bonchev–Trinajstić information content (AvgIpc) is 2.38. The van der Waals surface area contributed by atoms with Gasteiger partial charge < -0.3 is 15.4 Å². The van der Waals surface area contributed by atoms with Gasteiger partial charge in [-0.1, -0.05) is 0 Å². The molecular weight excluding hydrogens is 225 g/mol. The summed E-state index contributed by atoms with van der Waals surface area (Å²) in [6.07, 6.45) is 2.28. The number of aromatic nitrogens is 1. The number of hydrogen-bond donors (Lipinski definition) is 1. The molecule has 1 atom stereocenters. The molecule has 5 nitrogen and oxygen atoms in total. The Balaban J connectivity index is 2.09. The van der Waals surface area contributed by atoms with Crippen molar-refractivity contribution in [3.63, 3.8) is 0 Å². The van der Waals surface area contributed by atoms with E-state index in [1.807, 2.05) is 0 Å². The van der Waals surface area contributed by atoms with Crippen LogP contribution in [-0.2, 0) is 4.74 Å². The second kappa shape index (κ2) is 5.20. The number of carbonyl (C=O) groups is 1. The minimum atomic E-state index is -0.514. The molecule has 1 fully saturated rings. The summed E-state index contributed by atoms with van der Waals surface area (Å²) in [5, 5.41) is 0. The molecule has 92 valence electrons. The van der Waals surface area contributed by atoms with Gasteiger partial charge in [0.05, 0.1) is 24.5 Å². The summed E-state index contributed by atoms with van der Waals surface area (Å²) >= 11 is 0. The number of halogens is 1. The molecule has 1 unspecified atom stereocenters. The van der Waals surface area contributed by atoms with E-state index in [1.165, 1.54) is 12.3 Å². The van der Waals surface area contributed by atoms with Crippen LogP contribution in [0.5, 0.6) is 0 Å². The van der Waals surface area contributed by atoms with Gasteiger partial charge in [-0.25, -0.2) is 4.39 Å². The standard InChI is InChI=1S/C11H14FN3O2/c12-9-3-8(5-14-6-9)11(16)15-1-2-17-10(4-13)7-15/h3,5-6,10H,1-2,4,7,13H2. The topological polar surface area (TPSA) is 68.5 Å². The Labute approximate surface area is 98.4 Å². The summed E-state index contributed by atoms with van der Waals surface area (Å²) in [4.78, 5) is 17.3. The number of rotatable bonds is 2. The monoisotopic (exact) mass is 239 g/mol. The van der Waals surface area contributed by atoms with Gasteiger partial charge in [-0.05, 0) is 6.07 Å². The van der Waals surface area contributed by atoms with E-state index in [4.69, 9.17) is 10.5 Å². The van der Waals surface area contributed by atoms with Gasteiger partial charge in [0.2, 0.25) is 0 Å². The number of nitrogens with zero attached hydrogens (tertiary/aromatic N) is 2. The molecule has 2 heterocycles. The lowest BCUT2D eigenvalue weighted by molar-refractivity contribution is -0.0167. The first-order valence-corrected chi connectivity index (χ1v) is 5.42. The first-order valence-electron chi connectivity index (χ1n) is 5.42. The minimum absolute atomic E-state index is 0.144. The van der Waals surface area contributed by atoms with Crippen LogP contribution < -0.4 is 5.73 Å². The van der Waals surface area contributed by atoms with Crippen LogP contribution in [0.25, 0.3) is 0 Å². The molecule has 2 rings (SSSR count). The third-order valence-corrected chi connectivity index (χ3v) is 2.64. The fraction of sp³-hybridized carbons (Fsp3) is 0.455. The Hall–Kier alpha value is -1.53. The highest BCUT2D eigenvalue weighted by atomic mass is 19.1. The fourth-order valence-corrected chi connectivity index (χ4v) is 1.76. The Morgan fingerprint density at radius 3 is 3.18 bits per heavy atom. The third-order valence-electron chi connectivity index (χ3n) is 2.64. The molecule has 0 radical (unpaired) electrons. The second-order valence-corrected chi connectivity index (χ2v) is 3.87. The molecule has 1 aliphatic heterocycles. The average molecular weight is 239 g/mol. The molecule has 0 aliphatic carbocycles. The Bertz CT molecular complexity index is 413. The fourth-order valence-electron chi connectivity index (χ4n) is 1.76. The van der Waals surface area contributed by atoms with Gasteiger partial charge in [0.25, 0.3) is 5.91 Å². The molecule has 2 N–H and O–H groups in total. The summed E-state index contributed by atoms with van der Waals surface area (Å²) in [6.45, 7) is 1.75.